The molecule has 0 bridgehead atoms. The van der Waals surface area contributed by atoms with E-state index in [0.29, 0.717) is 0 Å². The highest BCUT2D eigenvalue weighted by Gasteiger charge is 1.79. The number of hydrogen-bond acceptors (Lipinski definition) is 0. The minimum Gasteiger partial charge on any atom is -0.120 e. The molecule has 0 spiro atoms. The van der Waals surface area contributed by atoms with Crippen LogP contribution < -0.4 is 0 Å². The van der Waals surface area contributed by atoms with E-state index in [-0.39, 0.29) is 0 Å². The Balaban J connectivity index is -0.000000175. The molecule has 0 aromatic rings. The number of allylic oxidation sites excluding steroid dienone is 2. The van der Waals surface area contributed by atoms with Gasteiger partial charge in [0.2, 0.25) is 0 Å². The minimum atomic E-state index is 0.799. The molecule has 0 heterocycles. The molecule has 0 unspecified atom stereocenters. The summed E-state index contributed by atoms with van der Waals surface area (Å²) in [6, 6.07) is 0. The van der Waals surface area contributed by atoms with Crippen LogP contribution in [0.25, 0.3) is 0 Å². The predicted octanol–water partition coefficient (Wildman–Crippen LogP) is 4.42. The predicted molar refractivity (Wildman–Crippen MR) is 60.2 cm³/mol. The molecule has 0 saturated heterocycles. The molecule has 0 nitrogen and oxygen atoms in total. The van der Waals surface area contributed by atoms with Gasteiger partial charge in [-0.05, 0) is 13.3 Å². The van der Waals surface area contributed by atoms with E-state index >= 15 is 0 Å². The van der Waals surface area contributed by atoms with Crippen LogP contribution in [-0.4, -0.2) is 0 Å². The summed E-state index contributed by atoms with van der Waals surface area (Å²) in [6.45, 7) is 12.2. The minimum absolute atomic E-state index is 0.799. The van der Waals surface area contributed by atoms with E-state index in [1.54, 1.807) is 0 Å². The first-order valence-corrected chi connectivity index (χ1v) is 4.90. The van der Waals surface area contributed by atoms with Gasteiger partial charge in [-0.25, -0.2) is 0 Å². The molecule has 0 aliphatic heterocycles. The monoisotopic (exact) mass is 168 g/mol. The fraction of sp³-hybridized carbons (Fsp3) is 0.667. The molecule has 0 saturated carbocycles. The van der Waals surface area contributed by atoms with Gasteiger partial charge in [-0.2, -0.15) is 0 Å². The fourth-order valence-electron chi connectivity index (χ4n) is 0.582. The molecule has 0 heteroatoms. The molecule has 0 atom stereocenters. The molecule has 0 radical (unpaired) electrons. The maximum absolute atomic E-state index is 5.07. The van der Waals surface area contributed by atoms with E-state index in [1.807, 2.05) is 27.7 Å². The van der Waals surface area contributed by atoms with Crippen LogP contribution in [0.2, 0.25) is 0 Å². The van der Waals surface area contributed by atoms with Gasteiger partial charge >= 0.3 is 0 Å². The molecular formula is C12H24. The summed E-state index contributed by atoms with van der Waals surface area (Å²) in [5.74, 6) is 2.58. The summed E-state index contributed by atoms with van der Waals surface area (Å²) in [7, 11) is 0. The van der Waals surface area contributed by atoms with Crippen LogP contribution in [0.15, 0.2) is 11.6 Å². The lowest BCUT2D eigenvalue weighted by atomic mass is 10.2. The van der Waals surface area contributed by atoms with Gasteiger partial charge < -0.3 is 0 Å². The van der Waals surface area contributed by atoms with Crippen molar-refractivity contribution in [2.45, 2.75) is 54.4 Å². The maximum Gasteiger partial charge on any atom is 0.0293 e. The van der Waals surface area contributed by atoms with Gasteiger partial charge in [0.1, 0.15) is 0 Å². The van der Waals surface area contributed by atoms with Gasteiger partial charge in [-0.1, -0.05) is 46.3 Å². The van der Waals surface area contributed by atoms with E-state index in [0.717, 1.165) is 12.8 Å². The Morgan fingerprint density at radius 2 is 1.67 bits per heavy atom. The van der Waals surface area contributed by atoms with Crippen molar-refractivity contribution in [2.24, 2.45) is 0 Å². The molecule has 0 aromatic heterocycles. The Bertz CT molecular complexity index is 112. The number of terminal acetylenes is 1. The standard InChI is InChI=1S/C8H12.2C2H6/c1-4-6-8(3)7-5-2;2*1-2/h1,7H,5-6H2,2-3H3;2*1-2H3/b8-7-;;. The highest BCUT2D eigenvalue weighted by atomic mass is 13.8. The fourth-order valence-corrected chi connectivity index (χ4v) is 0.582. The van der Waals surface area contributed by atoms with Crippen LogP contribution in [0.3, 0.4) is 0 Å². The Labute approximate surface area is 79.1 Å². The SMILES string of the molecule is C#CC/C(C)=C\CC.CC.CC. The Kier molecular flexibility index (Phi) is 32.5. The van der Waals surface area contributed by atoms with E-state index < -0.39 is 0 Å². The van der Waals surface area contributed by atoms with Crippen LogP contribution in [0.4, 0.5) is 0 Å². The largest absolute Gasteiger partial charge is 0.120 e. The summed E-state index contributed by atoms with van der Waals surface area (Å²) in [5, 5.41) is 0. The average molecular weight is 168 g/mol. The number of rotatable bonds is 2. The van der Waals surface area contributed by atoms with Crippen LogP contribution in [0.5, 0.6) is 0 Å². The van der Waals surface area contributed by atoms with Crippen molar-refractivity contribution in [3.63, 3.8) is 0 Å². The normalized spacial score (nSPS) is 8.25. The van der Waals surface area contributed by atoms with Crippen molar-refractivity contribution >= 4 is 0 Å². The number of hydrogen-bond donors (Lipinski definition) is 0. The van der Waals surface area contributed by atoms with Crippen molar-refractivity contribution < 1.29 is 0 Å². The van der Waals surface area contributed by atoms with Crippen molar-refractivity contribution in [3.8, 4) is 12.3 Å². The van der Waals surface area contributed by atoms with Gasteiger partial charge in [0, 0.05) is 6.42 Å². The van der Waals surface area contributed by atoms with Crippen molar-refractivity contribution in [2.75, 3.05) is 0 Å². The smallest absolute Gasteiger partial charge is 0.0293 e. The van der Waals surface area contributed by atoms with Gasteiger partial charge in [0.15, 0.2) is 0 Å². The van der Waals surface area contributed by atoms with Crippen LogP contribution in [0.1, 0.15) is 54.4 Å². The van der Waals surface area contributed by atoms with Crippen LogP contribution in [0, 0.1) is 12.3 Å². The zero-order chi connectivity index (χ0) is 10.4. The van der Waals surface area contributed by atoms with E-state index in [2.05, 4.69) is 25.8 Å². The van der Waals surface area contributed by atoms with Gasteiger partial charge in [0.05, 0.1) is 0 Å². The second-order valence-corrected chi connectivity index (χ2v) is 1.84. The lowest BCUT2D eigenvalue weighted by Gasteiger charge is -1.88. The highest BCUT2D eigenvalue weighted by Crippen LogP contribution is 1.98. The first kappa shape index (κ1) is 17.4. The molecule has 12 heavy (non-hydrogen) atoms. The summed E-state index contributed by atoms with van der Waals surface area (Å²) in [6.07, 6.45) is 9.11. The molecule has 0 amide bonds. The molecule has 0 fully saturated rings. The molecule has 72 valence electrons. The summed E-state index contributed by atoms with van der Waals surface area (Å²) < 4.78 is 0. The molecular weight excluding hydrogens is 144 g/mol. The lowest BCUT2D eigenvalue weighted by molar-refractivity contribution is 1.14. The maximum atomic E-state index is 5.07. The summed E-state index contributed by atoms with van der Waals surface area (Å²) in [4.78, 5) is 0. The molecule has 0 aliphatic carbocycles. The zero-order valence-electron chi connectivity index (χ0n) is 9.57. The van der Waals surface area contributed by atoms with E-state index in [4.69, 9.17) is 6.42 Å². The van der Waals surface area contributed by atoms with Gasteiger partial charge in [-0.15, -0.1) is 12.3 Å². The zero-order valence-corrected chi connectivity index (χ0v) is 9.57. The Morgan fingerprint density at radius 3 is 1.92 bits per heavy atom. The summed E-state index contributed by atoms with van der Waals surface area (Å²) >= 11 is 0. The van der Waals surface area contributed by atoms with E-state index in [1.165, 1.54) is 5.57 Å². The quantitative estimate of drug-likeness (QED) is 0.423. The van der Waals surface area contributed by atoms with Crippen LogP contribution >= 0.6 is 0 Å². The topological polar surface area (TPSA) is 0 Å². The van der Waals surface area contributed by atoms with Crippen molar-refractivity contribution in [3.05, 3.63) is 11.6 Å². The van der Waals surface area contributed by atoms with Gasteiger partial charge in [0.25, 0.3) is 0 Å². The van der Waals surface area contributed by atoms with Crippen LogP contribution in [-0.2, 0) is 0 Å². The highest BCUT2D eigenvalue weighted by molar-refractivity contribution is 5.06. The molecule has 0 rings (SSSR count). The Hall–Kier alpha value is -0.700. The molecule has 0 N–H and O–H groups in total. The Morgan fingerprint density at radius 1 is 1.25 bits per heavy atom. The third-order valence-corrected chi connectivity index (χ3v) is 0.933. The first-order valence-electron chi connectivity index (χ1n) is 4.90. The molecule has 0 aromatic carbocycles. The van der Waals surface area contributed by atoms with Crippen molar-refractivity contribution in [1.29, 1.82) is 0 Å². The first-order chi connectivity index (χ1) is 5.81. The van der Waals surface area contributed by atoms with Gasteiger partial charge in [-0.3, -0.25) is 0 Å². The second-order valence-electron chi connectivity index (χ2n) is 1.84. The second kappa shape index (κ2) is 22.4. The van der Waals surface area contributed by atoms with E-state index in [9.17, 15) is 0 Å². The third kappa shape index (κ3) is 22.8. The van der Waals surface area contributed by atoms with Crippen molar-refractivity contribution in [1.82, 2.24) is 0 Å². The average Bonchev–Trinajstić information content (AvgIpc) is 2.12. The third-order valence-electron chi connectivity index (χ3n) is 0.933. The molecule has 0 aliphatic rings. The summed E-state index contributed by atoms with van der Waals surface area (Å²) in [5.41, 5.74) is 1.30. The lowest BCUT2D eigenvalue weighted by Crippen LogP contribution is -1.70.